The van der Waals surface area contributed by atoms with Crippen LogP contribution in [0.3, 0.4) is 0 Å². The van der Waals surface area contributed by atoms with E-state index in [1.165, 1.54) is 12.1 Å². The second-order valence-electron chi connectivity index (χ2n) is 8.88. The Morgan fingerprint density at radius 2 is 1.68 bits per heavy atom. The molecule has 0 atom stereocenters. The van der Waals surface area contributed by atoms with E-state index in [1.807, 2.05) is 53.2 Å². The number of hydrogen-bond donors (Lipinski definition) is 0. The highest BCUT2D eigenvalue weighted by Crippen LogP contribution is 2.54. The molecule has 1 fully saturated rings. The lowest BCUT2D eigenvalue weighted by Crippen LogP contribution is -2.36. The molecule has 1 spiro atoms. The molecule has 1 aliphatic heterocycles. The minimum absolute atomic E-state index is 0.0172. The molecule has 0 bridgehead atoms. The van der Waals surface area contributed by atoms with Crippen LogP contribution in [0.15, 0.2) is 79.1 Å². The Labute approximate surface area is 194 Å². The number of pyridine rings is 1. The lowest BCUT2D eigenvalue weighted by molar-refractivity contribution is -0.140. The van der Waals surface area contributed by atoms with Crippen molar-refractivity contribution >= 4 is 5.91 Å². The first-order valence-electron chi connectivity index (χ1n) is 11.0. The fourth-order valence-corrected chi connectivity index (χ4v) is 5.04. The summed E-state index contributed by atoms with van der Waals surface area (Å²) in [5.74, 6) is -0.102. The van der Waals surface area contributed by atoms with E-state index in [0.717, 1.165) is 41.4 Å². The first-order valence-corrected chi connectivity index (χ1v) is 11.0. The SMILES string of the molecule is CN1C(=O)c2cc(-c3ccccc3)cn2-c2cc(-c3cccnc3C(F)(F)F)ccc2C12CC2. The normalized spacial score (nSPS) is 16.2. The molecule has 170 valence electrons. The summed E-state index contributed by atoms with van der Waals surface area (Å²) in [6.07, 6.45) is 0.112. The number of nitrogens with zero attached hydrogens (tertiary/aromatic N) is 3. The highest BCUT2D eigenvalue weighted by Gasteiger charge is 2.53. The van der Waals surface area contributed by atoms with E-state index in [2.05, 4.69) is 4.98 Å². The zero-order chi connectivity index (χ0) is 23.7. The van der Waals surface area contributed by atoms with Crippen LogP contribution in [-0.4, -0.2) is 27.4 Å². The smallest absolute Gasteiger partial charge is 0.331 e. The van der Waals surface area contributed by atoms with Gasteiger partial charge in [-0.15, -0.1) is 0 Å². The van der Waals surface area contributed by atoms with Crippen molar-refractivity contribution < 1.29 is 18.0 Å². The van der Waals surface area contributed by atoms with E-state index in [4.69, 9.17) is 0 Å². The first-order chi connectivity index (χ1) is 16.3. The fraction of sp³-hybridized carbons (Fsp3) is 0.185. The average molecular weight is 459 g/mol. The summed E-state index contributed by atoms with van der Waals surface area (Å²) in [5.41, 5.74) is 3.07. The van der Waals surface area contributed by atoms with Crippen LogP contribution in [-0.2, 0) is 11.7 Å². The van der Waals surface area contributed by atoms with Gasteiger partial charge in [0.1, 0.15) is 5.69 Å². The summed E-state index contributed by atoms with van der Waals surface area (Å²) >= 11 is 0. The quantitative estimate of drug-likeness (QED) is 0.353. The summed E-state index contributed by atoms with van der Waals surface area (Å²) in [6.45, 7) is 0. The van der Waals surface area contributed by atoms with Crippen molar-refractivity contribution in [3.8, 4) is 27.9 Å². The van der Waals surface area contributed by atoms with Gasteiger partial charge in [0.05, 0.1) is 11.2 Å². The lowest BCUT2D eigenvalue weighted by Gasteiger charge is -2.27. The van der Waals surface area contributed by atoms with E-state index in [9.17, 15) is 18.0 Å². The molecular weight excluding hydrogens is 439 g/mol. The van der Waals surface area contributed by atoms with Gasteiger partial charge >= 0.3 is 6.18 Å². The van der Waals surface area contributed by atoms with Gasteiger partial charge in [0.25, 0.3) is 5.91 Å². The molecule has 4 aromatic rings. The van der Waals surface area contributed by atoms with Crippen LogP contribution in [0, 0.1) is 0 Å². The van der Waals surface area contributed by atoms with Gasteiger partial charge in [0.2, 0.25) is 0 Å². The highest BCUT2D eigenvalue weighted by molar-refractivity contribution is 5.97. The fourth-order valence-electron chi connectivity index (χ4n) is 5.04. The third kappa shape index (κ3) is 3.00. The van der Waals surface area contributed by atoms with Crippen LogP contribution in [0.5, 0.6) is 0 Å². The number of alkyl halides is 3. The summed E-state index contributed by atoms with van der Waals surface area (Å²) < 4.78 is 42.9. The van der Waals surface area contributed by atoms with Crippen LogP contribution in [0.25, 0.3) is 27.9 Å². The van der Waals surface area contributed by atoms with Crippen molar-refractivity contribution in [3.05, 3.63) is 96.1 Å². The molecule has 7 heteroatoms. The molecule has 0 radical (unpaired) electrons. The van der Waals surface area contributed by atoms with Gasteiger partial charge in [-0.25, -0.2) is 0 Å². The molecule has 6 rings (SSSR count). The van der Waals surface area contributed by atoms with Gasteiger partial charge < -0.3 is 9.47 Å². The number of aromatic nitrogens is 2. The topological polar surface area (TPSA) is 38.1 Å². The third-order valence-corrected chi connectivity index (χ3v) is 6.96. The van der Waals surface area contributed by atoms with Crippen LogP contribution in [0.1, 0.15) is 34.6 Å². The van der Waals surface area contributed by atoms with Gasteiger partial charge in [-0.1, -0.05) is 48.5 Å². The first kappa shape index (κ1) is 20.7. The van der Waals surface area contributed by atoms with Crippen molar-refractivity contribution in [2.24, 2.45) is 0 Å². The highest BCUT2D eigenvalue weighted by atomic mass is 19.4. The van der Waals surface area contributed by atoms with Crippen molar-refractivity contribution in [1.29, 1.82) is 0 Å². The molecule has 1 amide bonds. The summed E-state index contributed by atoms with van der Waals surface area (Å²) in [5, 5.41) is 0. The third-order valence-electron chi connectivity index (χ3n) is 6.96. The average Bonchev–Trinajstić information content (AvgIpc) is 3.54. The number of carbonyl (C=O) groups is 1. The molecule has 3 heterocycles. The molecule has 1 aliphatic carbocycles. The molecule has 0 unspecified atom stereocenters. The number of amides is 1. The number of hydrogen-bond acceptors (Lipinski definition) is 2. The van der Waals surface area contributed by atoms with Gasteiger partial charge in [-0.05, 0) is 42.2 Å². The van der Waals surface area contributed by atoms with E-state index in [0.29, 0.717) is 11.3 Å². The lowest BCUT2D eigenvalue weighted by atomic mass is 9.95. The Hall–Kier alpha value is -3.87. The number of fused-ring (bicyclic) bond motifs is 4. The standard InChI is InChI=1S/C27H20F3N3O/c1-32-25(34)23-15-19(17-6-3-2-4-7-17)16-33(23)22-14-18(9-10-21(22)26(32)11-12-26)20-8-5-13-31-24(20)27(28,29)30/h2-10,13-16H,11-12H2,1H3. The Morgan fingerprint density at radius 3 is 2.38 bits per heavy atom. The zero-order valence-corrected chi connectivity index (χ0v) is 18.3. The van der Waals surface area contributed by atoms with Gasteiger partial charge in [-0.2, -0.15) is 13.2 Å². The van der Waals surface area contributed by atoms with Crippen molar-refractivity contribution in [3.63, 3.8) is 0 Å². The maximum absolute atomic E-state index is 13.7. The van der Waals surface area contributed by atoms with Crippen molar-refractivity contribution in [2.45, 2.75) is 24.6 Å². The molecule has 2 aliphatic rings. The molecule has 2 aromatic carbocycles. The molecule has 1 saturated carbocycles. The van der Waals surface area contributed by atoms with Crippen molar-refractivity contribution in [2.75, 3.05) is 7.05 Å². The monoisotopic (exact) mass is 459 g/mol. The van der Waals surface area contributed by atoms with Crippen LogP contribution in [0.2, 0.25) is 0 Å². The Balaban J connectivity index is 1.60. The predicted octanol–water partition coefficient (Wildman–Crippen LogP) is 6.30. The minimum atomic E-state index is -4.57. The Bertz CT molecular complexity index is 1440. The summed E-state index contributed by atoms with van der Waals surface area (Å²) in [7, 11) is 1.81. The second kappa shape index (κ2) is 7.06. The number of benzene rings is 2. The van der Waals surface area contributed by atoms with Crippen LogP contribution >= 0.6 is 0 Å². The maximum Gasteiger partial charge on any atom is 0.433 e. The second-order valence-corrected chi connectivity index (χ2v) is 8.88. The molecule has 0 N–H and O–H groups in total. The molecule has 2 aromatic heterocycles. The van der Waals surface area contributed by atoms with E-state index >= 15 is 0 Å². The zero-order valence-electron chi connectivity index (χ0n) is 18.3. The Kier molecular flexibility index (Phi) is 4.30. The molecule has 0 saturated heterocycles. The van der Waals surface area contributed by atoms with Crippen LogP contribution in [0.4, 0.5) is 13.2 Å². The summed E-state index contributed by atoms with van der Waals surface area (Å²) in [4.78, 5) is 18.9. The van der Waals surface area contributed by atoms with E-state index < -0.39 is 17.4 Å². The number of carbonyl (C=O) groups excluding carboxylic acids is 1. The number of rotatable bonds is 2. The number of halogens is 3. The van der Waals surface area contributed by atoms with E-state index in [1.54, 1.807) is 24.1 Å². The summed E-state index contributed by atoms with van der Waals surface area (Å²) in [6, 6.07) is 19.8. The van der Waals surface area contributed by atoms with Crippen LogP contribution < -0.4 is 0 Å². The van der Waals surface area contributed by atoms with Gasteiger partial charge in [0.15, 0.2) is 5.69 Å². The molecule has 4 nitrogen and oxygen atoms in total. The van der Waals surface area contributed by atoms with Gasteiger partial charge in [-0.3, -0.25) is 9.78 Å². The largest absolute Gasteiger partial charge is 0.433 e. The molecule has 34 heavy (non-hydrogen) atoms. The maximum atomic E-state index is 13.7. The van der Waals surface area contributed by atoms with E-state index in [-0.39, 0.29) is 11.5 Å². The Morgan fingerprint density at radius 1 is 0.912 bits per heavy atom. The van der Waals surface area contributed by atoms with Crippen molar-refractivity contribution in [1.82, 2.24) is 14.5 Å². The predicted molar refractivity (Wildman–Crippen MR) is 122 cm³/mol. The molecular formula is C27H20F3N3O. The minimum Gasteiger partial charge on any atom is -0.331 e. The van der Waals surface area contributed by atoms with Gasteiger partial charge in [0, 0.05) is 36.1 Å².